The van der Waals surface area contributed by atoms with Gasteiger partial charge in [0.1, 0.15) is 16.6 Å². The standard InChI is InChI=1S/C19H17N5O2S/c1-12-22-23-18-19(21-13-7-3-5-9-15(13)24(12)18)27-11-17(25)20-14-8-4-6-10-16(14)26-2/h3-10H,11H2,1-2H3,(H,20,25). The Kier molecular flexibility index (Phi) is 4.64. The van der Waals surface area contributed by atoms with Crippen LogP contribution in [0.4, 0.5) is 5.69 Å². The Morgan fingerprint density at radius 3 is 2.78 bits per heavy atom. The number of amides is 1. The highest BCUT2D eigenvalue weighted by molar-refractivity contribution is 8.00. The molecule has 0 radical (unpaired) electrons. The number of anilines is 1. The highest BCUT2D eigenvalue weighted by Crippen LogP contribution is 2.27. The van der Waals surface area contributed by atoms with Gasteiger partial charge in [0, 0.05) is 0 Å². The Morgan fingerprint density at radius 1 is 1.15 bits per heavy atom. The van der Waals surface area contributed by atoms with E-state index in [1.54, 1.807) is 19.2 Å². The number of thioether (sulfide) groups is 1. The lowest BCUT2D eigenvalue weighted by molar-refractivity contribution is -0.113. The molecule has 0 bridgehead atoms. The van der Waals surface area contributed by atoms with Crippen molar-refractivity contribution in [2.45, 2.75) is 11.9 Å². The van der Waals surface area contributed by atoms with Crippen molar-refractivity contribution in [3.8, 4) is 5.75 Å². The average Bonchev–Trinajstić information content (AvgIpc) is 3.09. The van der Waals surface area contributed by atoms with Crippen LogP contribution in [0.5, 0.6) is 5.75 Å². The summed E-state index contributed by atoms with van der Waals surface area (Å²) < 4.78 is 7.22. The van der Waals surface area contributed by atoms with E-state index in [1.165, 1.54) is 11.8 Å². The molecule has 0 aliphatic rings. The molecule has 0 aliphatic heterocycles. The predicted octanol–water partition coefficient (Wildman–Crippen LogP) is 3.33. The number of nitrogens with one attached hydrogen (secondary N) is 1. The molecule has 0 unspecified atom stereocenters. The van der Waals surface area contributed by atoms with Crippen LogP contribution in [0.3, 0.4) is 0 Å². The Bertz CT molecular complexity index is 1140. The number of hydrogen-bond donors (Lipinski definition) is 1. The summed E-state index contributed by atoms with van der Waals surface area (Å²) in [7, 11) is 1.57. The summed E-state index contributed by atoms with van der Waals surface area (Å²) in [6.45, 7) is 1.90. The molecule has 1 amide bonds. The maximum atomic E-state index is 12.4. The highest BCUT2D eigenvalue weighted by Gasteiger charge is 2.15. The fourth-order valence-electron chi connectivity index (χ4n) is 2.86. The third kappa shape index (κ3) is 3.31. The first-order chi connectivity index (χ1) is 13.2. The van der Waals surface area contributed by atoms with Crippen LogP contribution in [0.1, 0.15) is 5.82 Å². The second kappa shape index (κ2) is 7.24. The molecule has 0 atom stereocenters. The SMILES string of the molecule is COc1ccccc1NC(=O)CSc1nc2ccccc2n2c(C)nnc12. The second-order valence-corrected chi connectivity index (χ2v) is 6.81. The summed E-state index contributed by atoms with van der Waals surface area (Å²) in [5.41, 5.74) is 3.07. The number of methoxy groups -OCH3 is 1. The maximum Gasteiger partial charge on any atom is 0.234 e. The molecule has 8 heteroatoms. The Balaban J connectivity index is 1.59. The van der Waals surface area contributed by atoms with Crippen molar-refractivity contribution < 1.29 is 9.53 Å². The molecular weight excluding hydrogens is 362 g/mol. The molecule has 2 aromatic heterocycles. The first kappa shape index (κ1) is 17.3. The summed E-state index contributed by atoms with van der Waals surface area (Å²) in [5, 5.41) is 11.9. The molecule has 7 nitrogen and oxygen atoms in total. The number of aryl methyl sites for hydroxylation is 1. The lowest BCUT2D eigenvalue weighted by atomic mass is 10.3. The predicted molar refractivity (Wildman–Crippen MR) is 105 cm³/mol. The quantitative estimate of drug-likeness (QED) is 0.536. The van der Waals surface area contributed by atoms with Gasteiger partial charge >= 0.3 is 0 Å². The lowest BCUT2D eigenvalue weighted by Gasteiger charge is -2.10. The highest BCUT2D eigenvalue weighted by atomic mass is 32.2. The minimum atomic E-state index is -0.145. The van der Waals surface area contributed by atoms with Gasteiger partial charge in [-0.1, -0.05) is 36.0 Å². The number of ether oxygens (including phenoxy) is 1. The summed E-state index contributed by atoms with van der Waals surface area (Å²) in [4.78, 5) is 17.1. The van der Waals surface area contributed by atoms with Gasteiger partial charge in [-0.05, 0) is 31.2 Å². The van der Waals surface area contributed by atoms with Crippen molar-refractivity contribution in [2.75, 3.05) is 18.2 Å². The van der Waals surface area contributed by atoms with Crippen LogP contribution >= 0.6 is 11.8 Å². The molecule has 2 heterocycles. The van der Waals surface area contributed by atoms with Crippen LogP contribution in [0.2, 0.25) is 0 Å². The number of carbonyl (C=O) groups excluding carboxylic acids is 1. The van der Waals surface area contributed by atoms with Gasteiger partial charge in [-0.3, -0.25) is 9.20 Å². The number of benzene rings is 2. The number of carbonyl (C=O) groups is 1. The van der Waals surface area contributed by atoms with Crippen LogP contribution < -0.4 is 10.1 Å². The fraction of sp³-hybridized carbons (Fsp3) is 0.158. The lowest BCUT2D eigenvalue weighted by Crippen LogP contribution is -2.15. The normalized spacial score (nSPS) is 11.0. The average molecular weight is 379 g/mol. The zero-order valence-corrected chi connectivity index (χ0v) is 15.7. The Hall–Kier alpha value is -3.13. The van der Waals surface area contributed by atoms with E-state index in [1.807, 2.05) is 47.7 Å². The number of hydrogen-bond acceptors (Lipinski definition) is 6. The van der Waals surface area contributed by atoms with E-state index in [9.17, 15) is 4.79 Å². The molecule has 136 valence electrons. The van der Waals surface area contributed by atoms with Gasteiger partial charge in [-0.15, -0.1) is 10.2 Å². The summed E-state index contributed by atoms with van der Waals surface area (Å²) >= 11 is 1.33. The zero-order valence-electron chi connectivity index (χ0n) is 14.8. The number of fused-ring (bicyclic) bond motifs is 3. The van der Waals surface area contributed by atoms with E-state index >= 15 is 0 Å². The number of aromatic nitrogens is 4. The monoisotopic (exact) mass is 379 g/mol. The van der Waals surface area contributed by atoms with Gasteiger partial charge in [0.05, 0.1) is 29.6 Å². The van der Waals surface area contributed by atoms with Crippen LogP contribution in [0, 0.1) is 6.92 Å². The zero-order chi connectivity index (χ0) is 18.8. The van der Waals surface area contributed by atoms with Crippen LogP contribution in [-0.4, -0.2) is 38.4 Å². The number of para-hydroxylation sites is 4. The molecule has 0 aliphatic carbocycles. The van der Waals surface area contributed by atoms with E-state index in [-0.39, 0.29) is 11.7 Å². The molecule has 4 rings (SSSR count). The van der Waals surface area contributed by atoms with E-state index in [4.69, 9.17) is 4.74 Å². The van der Waals surface area contributed by atoms with Crippen LogP contribution in [0.15, 0.2) is 53.6 Å². The Morgan fingerprint density at radius 2 is 1.93 bits per heavy atom. The molecule has 2 aromatic carbocycles. The van der Waals surface area contributed by atoms with Crippen molar-refractivity contribution in [2.24, 2.45) is 0 Å². The van der Waals surface area contributed by atoms with Gasteiger partial charge in [-0.25, -0.2) is 4.98 Å². The van der Waals surface area contributed by atoms with Gasteiger partial charge in [0.25, 0.3) is 0 Å². The van der Waals surface area contributed by atoms with E-state index in [2.05, 4.69) is 20.5 Å². The molecule has 0 saturated heterocycles. The third-order valence-corrected chi connectivity index (χ3v) is 5.04. The number of rotatable bonds is 5. The van der Waals surface area contributed by atoms with Gasteiger partial charge in [0.2, 0.25) is 5.91 Å². The van der Waals surface area contributed by atoms with Crippen molar-refractivity contribution in [1.29, 1.82) is 0 Å². The van der Waals surface area contributed by atoms with E-state index in [0.29, 0.717) is 22.1 Å². The largest absolute Gasteiger partial charge is 0.495 e. The van der Waals surface area contributed by atoms with Crippen molar-refractivity contribution in [3.05, 3.63) is 54.4 Å². The van der Waals surface area contributed by atoms with Crippen molar-refractivity contribution in [1.82, 2.24) is 19.6 Å². The van der Waals surface area contributed by atoms with Crippen molar-refractivity contribution >= 4 is 40.0 Å². The summed E-state index contributed by atoms with van der Waals surface area (Å²) in [6, 6.07) is 15.1. The molecular formula is C19H17N5O2S. The van der Waals surface area contributed by atoms with Crippen molar-refractivity contribution in [3.63, 3.8) is 0 Å². The fourth-order valence-corrected chi connectivity index (χ4v) is 3.63. The summed E-state index contributed by atoms with van der Waals surface area (Å²) in [5.74, 6) is 1.46. The molecule has 4 aromatic rings. The topological polar surface area (TPSA) is 81.4 Å². The van der Waals surface area contributed by atoms with E-state index in [0.717, 1.165) is 16.9 Å². The molecule has 1 N–H and O–H groups in total. The Labute approximate surface area is 159 Å². The van der Waals surface area contributed by atoms with Crippen LogP contribution in [0.25, 0.3) is 16.7 Å². The number of nitrogens with zero attached hydrogens (tertiary/aromatic N) is 4. The van der Waals surface area contributed by atoms with Gasteiger partial charge < -0.3 is 10.1 Å². The maximum absolute atomic E-state index is 12.4. The van der Waals surface area contributed by atoms with E-state index < -0.39 is 0 Å². The minimum absolute atomic E-state index is 0.145. The molecule has 27 heavy (non-hydrogen) atoms. The first-order valence-corrected chi connectivity index (χ1v) is 9.32. The smallest absolute Gasteiger partial charge is 0.234 e. The first-order valence-electron chi connectivity index (χ1n) is 8.33. The molecule has 0 fully saturated rings. The summed E-state index contributed by atoms with van der Waals surface area (Å²) in [6.07, 6.45) is 0. The van der Waals surface area contributed by atoms with Crippen LogP contribution in [-0.2, 0) is 4.79 Å². The van der Waals surface area contributed by atoms with Gasteiger partial charge in [0.15, 0.2) is 5.65 Å². The third-order valence-electron chi connectivity index (χ3n) is 4.08. The second-order valence-electron chi connectivity index (χ2n) is 5.85. The van der Waals surface area contributed by atoms with Gasteiger partial charge in [-0.2, -0.15) is 0 Å². The molecule has 0 saturated carbocycles. The molecule has 0 spiro atoms. The minimum Gasteiger partial charge on any atom is -0.495 e.